The van der Waals surface area contributed by atoms with Gasteiger partial charge in [-0.2, -0.15) is 0 Å². The molecule has 20 heavy (non-hydrogen) atoms. The standard InChI is InChI=1S/C15H17N3O2/c1-2-9-18(11-12-5-4-8-16-10-12)15(20)13-6-3-7-14(19)17-13/h3-8,10H,2,9,11H2,1H3,(H,17,19). The highest BCUT2D eigenvalue weighted by molar-refractivity contribution is 5.92. The van der Waals surface area contributed by atoms with E-state index in [9.17, 15) is 9.59 Å². The van der Waals surface area contributed by atoms with Crippen molar-refractivity contribution in [1.82, 2.24) is 14.9 Å². The Bertz CT molecular complexity index is 622. The van der Waals surface area contributed by atoms with Crippen LogP contribution in [0.15, 0.2) is 47.5 Å². The number of carbonyl (C=O) groups is 1. The Morgan fingerprint density at radius 1 is 1.30 bits per heavy atom. The number of rotatable bonds is 5. The number of aromatic amines is 1. The molecule has 2 aromatic heterocycles. The number of amides is 1. The second kappa shape index (κ2) is 6.65. The van der Waals surface area contributed by atoms with Crippen molar-refractivity contribution in [1.29, 1.82) is 0 Å². The van der Waals surface area contributed by atoms with Gasteiger partial charge in [0.25, 0.3) is 5.91 Å². The molecule has 0 unspecified atom stereocenters. The summed E-state index contributed by atoms with van der Waals surface area (Å²) in [6.07, 6.45) is 4.29. The second-order valence-electron chi connectivity index (χ2n) is 4.52. The van der Waals surface area contributed by atoms with E-state index in [4.69, 9.17) is 0 Å². The van der Waals surface area contributed by atoms with E-state index in [-0.39, 0.29) is 11.5 Å². The molecule has 5 nitrogen and oxygen atoms in total. The van der Waals surface area contributed by atoms with Gasteiger partial charge in [-0.25, -0.2) is 0 Å². The molecule has 0 fully saturated rings. The van der Waals surface area contributed by atoms with Crippen molar-refractivity contribution < 1.29 is 4.79 Å². The molecular weight excluding hydrogens is 254 g/mol. The summed E-state index contributed by atoms with van der Waals surface area (Å²) in [6, 6.07) is 8.36. The van der Waals surface area contributed by atoms with E-state index in [0.29, 0.717) is 18.8 Å². The molecule has 2 aromatic rings. The van der Waals surface area contributed by atoms with Crippen LogP contribution in [-0.2, 0) is 6.54 Å². The summed E-state index contributed by atoms with van der Waals surface area (Å²) in [6.45, 7) is 3.12. The van der Waals surface area contributed by atoms with Crippen molar-refractivity contribution in [3.8, 4) is 0 Å². The molecule has 0 aliphatic carbocycles. The molecule has 5 heteroatoms. The molecule has 0 aromatic carbocycles. The molecular formula is C15H17N3O2. The topological polar surface area (TPSA) is 66.1 Å². The molecule has 0 aliphatic rings. The van der Waals surface area contributed by atoms with Crippen LogP contribution in [0.5, 0.6) is 0 Å². The minimum Gasteiger partial charge on any atom is -0.333 e. The lowest BCUT2D eigenvalue weighted by atomic mass is 10.2. The summed E-state index contributed by atoms with van der Waals surface area (Å²) in [7, 11) is 0. The minimum absolute atomic E-state index is 0.173. The maximum Gasteiger partial charge on any atom is 0.270 e. The van der Waals surface area contributed by atoms with Crippen molar-refractivity contribution in [3.05, 3.63) is 64.3 Å². The van der Waals surface area contributed by atoms with Crippen LogP contribution in [-0.4, -0.2) is 27.3 Å². The molecule has 0 saturated carbocycles. The minimum atomic E-state index is -0.270. The summed E-state index contributed by atoms with van der Waals surface area (Å²) in [4.78, 5) is 32.1. The summed E-state index contributed by atoms with van der Waals surface area (Å²) in [5.74, 6) is -0.173. The molecule has 1 amide bonds. The van der Waals surface area contributed by atoms with Crippen molar-refractivity contribution >= 4 is 5.91 Å². The number of pyridine rings is 2. The average Bonchev–Trinajstić information content (AvgIpc) is 2.47. The van der Waals surface area contributed by atoms with E-state index in [2.05, 4.69) is 9.97 Å². The van der Waals surface area contributed by atoms with E-state index in [1.54, 1.807) is 29.4 Å². The molecule has 0 aliphatic heterocycles. The SMILES string of the molecule is CCCN(Cc1cccnc1)C(=O)c1cccc(=O)[nH]1. The van der Waals surface area contributed by atoms with E-state index < -0.39 is 0 Å². The Morgan fingerprint density at radius 3 is 2.80 bits per heavy atom. The van der Waals surface area contributed by atoms with Gasteiger partial charge in [0.1, 0.15) is 5.69 Å². The molecule has 1 N–H and O–H groups in total. The quantitative estimate of drug-likeness (QED) is 0.902. The molecule has 0 spiro atoms. The molecule has 2 rings (SSSR count). The first kappa shape index (κ1) is 14.0. The van der Waals surface area contributed by atoms with Gasteiger partial charge in [-0.05, 0) is 24.1 Å². The van der Waals surface area contributed by atoms with Crippen molar-refractivity contribution in [3.63, 3.8) is 0 Å². The van der Waals surface area contributed by atoms with Gasteiger partial charge in [0.15, 0.2) is 0 Å². The highest BCUT2D eigenvalue weighted by Gasteiger charge is 2.16. The zero-order chi connectivity index (χ0) is 14.4. The predicted molar refractivity (Wildman–Crippen MR) is 76.3 cm³/mol. The van der Waals surface area contributed by atoms with Gasteiger partial charge in [-0.1, -0.05) is 19.1 Å². The lowest BCUT2D eigenvalue weighted by Gasteiger charge is -2.21. The molecule has 0 atom stereocenters. The molecule has 2 heterocycles. The zero-order valence-corrected chi connectivity index (χ0v) is 11.4. The van der Waals surface area contributed by atoms with Crippen molar-refractivity contribution in [2.24, 2.45) is 0 Å². The fourth-order valence-electron chi connectivity index (χ4n) is 1.98. The molecule has 0 bridgehead atoms. The maximum absolute atomic E-state index is 12.4. The molecule has 0 radical (unpaired) electrons. The van der Waals surface area contributed by atoms with Crippen molar-refractivity contribution in [2.45, 2.75) is 19.9 Å². The Labute approximate surface area is 117 Å². The number of hydrogen-bond donors (Lipinski definition) is 1. The van der Waals surface area contributed by atoms with Gasteiger partial charge >= 0.3 is 0 Å². The first-order valence-electron chi connectivity index (χ1n) is 6.58. The third-order valence-corrected chi connectivity index (χ3v) is 2.88. The van der Waals surface area contributed by atoms with Crippen LogP contribution in [0.1, 0.15) is 29.4 Å². The highest BCUT2D eigenvalue weighted by Crippen LogP contribution is 2.07. The second-order valence-corrected chi connectivity index (χ2v) is 4.52. The molecule has 104 valence electrons. The summed E-state index contributed by atoms with van der Waals surface area (Å²) < 4.78 is 0. The van der Waals surface area contributed by atoms with Gasteiger partial charge in [-0.3, -0.25) is 14.6 Å². The lowest BCUT2D eigenvalue weighted by Crippen LogP contribution is -2.32. The fraction of sp³-hybridized carbons (Fsp3) is 0.267. The lowest BCUT2D eigenvalue weighted by molar-refractivity contribution is 0.0737. The number of carbonyl (C=O) groups excluding carboxylic acids is 1. The Morgan fingerprint density at radius 2 is 2.15 bits per heavy atom. The van der Waals surface area contributed by atoms with Gasteiger partial charge in [0, 0.05) is 31.5 Å². The first-order valence-corrected chi connectivity index (χ1v) is 6.58. The maximum atomic E-state index is 12.4. The van der Waals surface area contributed by atoms with Gasteiger partial charge in [0.2, 0.25) is 5.56 Å². The van der Waals surface area contributed by atoms with Crippen LogP contribution < -0.4 is 5.56 Å². The Hall–Kier alpha value is -2.43. The smallest absolute Gasteiger partial charge is 0.270 e. The molecule has 0 saturated heterocycles. The van der Waals surface area contributed by atoms with Gasteiger partial charge in [-0.15, -0.1) is 0 Å². The summed E-state index contributed by atoms with van der Waals surface area (Å²) in [5, 5.41) is 0. The monoisotopic (exact) mass is 271 g/mol. The van der Waals surface area contributed by atoms with Crippen LogP contribution in [0.25, 0.3) is 0 Å². The van der Waals surface area contributed by atoms with Gasteiger partial charge in [0.05, 0.1) is 0 Å². The predicted octanol–water partition coefficient (Wildman–Crippen LogP) is 1.82. The summed E-state index contributed by atoms with van der Waals surface area (Å²) >= 11 is 0. The number of H-pyrrole nitrogens is 1. The van der Waals surface area contributed by atoms with Crippen LogP contribution in [0.4, 0.5) is 0 Å². The zero-order valence-electron chi connectivity index (χ0n) is 11.4. The van der Waals surface area contributed by atoms with E-state index in [1.807, 2.05) is 19.1 Å². The van der Waals surface area contributed by atoms with E-state index in [0.717, 1.165) is 12.0 Å². The fourth-order valence-corrected chi connectivity index (χ4v) is 1.98. The first-order chi connectivity index (χ1) is 9.70. The van der Waals surface area contributed by atoms with E-state index >= 15 is 0 Å². The Balaban J connectivity index is 2.20. The third kappa shape index (κ3) is 3.54. The number of aromatic nitrogens is 2. The number of nitrogens with one attached hydrogen (secondary N) is 1. The van der Waals surface area contributed by atoms with Crippen molar-refractivity contribution in [2.75, 3.05) is 6.54 Å². The number of hydrogen-bond acceptors (Lipinski definition) is 3. The van der Waals surface area contributed by atoms with Crippen LogP contribution >= 0.6 is 0 Å². The number of nitrogens with zero attached hydrogens (tertiary/aromatic N) is 2. The van der Waals surface area contributed by atoms with E-state index in [1.165, 1.54) is 6.07 Å². The van der Waals surface area contributed by atoms with Gasteiger partial charge < -0.3 is 9.88 Å². The highest BCUT2D eigenvalue weighted by atomic mass is 16.2. The van der Waals surface area contributed by atoms with Crippen LogP contribution in [0.2, 0.25) is 0 Å². The summed E-state index contributed by atoms with van der Waals surface area (Å²) in [5.41, 5.74) is 1.01. The largest absolute Gasteiger partial charge is 0.333 e. The Kier molecular flexibility index (Phi) is 4.65. The third-order valence-electron chi connectivity index (χ3n) is 2.88. The van der Waals surface area contributed by atoms with Crippen LogP contribution in [0.3, 0.4) is 0 Å². The average molecular weight is 271 g/mol. The normalized spacial score (nSPS) is 10.2. The van der Waals surface area contributed by atoms with Crippen LogP contribution in [0, 0.1) is 0 Å².